The predicted molar refractivity (Wildman–Crippen MR) is 133 cm³/mol. The standard InChI is InChI=1S/C26H22FN5O7/c27-19-8-6-16(7-9-19)25(36)30-11-12-31(26(37)18-4-2-10-28-15-18)24(30)23(35)29-21(14-22(33)34)17-3-1-5-20(13-17)32(38)39/h1-10,13,15,21,24H,11-12,14H2,(H,29,35)(H,33,34). The van der Waals surface area contributed by atoms with E-state index in [-0.39, 0.29) is 35.5 Å². The van der Waals surface area contributed by atoms with Crippen LogP contribution in [-0.4, -0.2) is 67.8 Å². The third-order valence-corrected chi connectivity index (χ3v) is 6.11. The Hall–Kier alpha value is -5.20. The van der Waals surface area contributed by atoms with Gasteiger partial charge in [-0.05, 0) is 42.0 Å². The molecule has 2 atom stereocenters. The first-order valence-electron chi connectivity index (χ1n) is 11.7. The molecule has 39 heavy (non-hydrogen) atoms. The van der Waals surface area contributed by atoms with Crippen molar-refractivity contribution in [3.8, 4) is 0 Å². The second kappa shape index (κ2) is 11.5. The molecule has 2 N–H and O–H groups in total. The zero-order valence-electron chi connectivity index (χ0n) is 20.3. The molecule has 200 valence electrons. The van der Waals surface area contributed by atoms with Gasteiger partial charge in [0.2, 0.25) is 0 Å². The van der Waals surface area contributed by atoms with Crippen LogP contribution in [0.4, 0.5) is 10.1 Å². The van der Waals surface area contributed by atoms with Crippen molar-refractivity contribution in [1.82, 2.24) is 20.1 Å². The second-order valence-corrected chi connectivity index (χ2v) is 8.63. The van der Waals surface area contributed by atoms with E-state index in [2.05, 4.69) is 10.3 Å². The zero-order valence-corrected chi connectivity index (χ0v) is 20.3. The predicted octanol–water partition coefficient (Wildman–Crippen LogP) is 2.39. The largest absolute Gasteiger partial charge is 0.481 e. The number of carbonyl (C=O) groups excluding carboxylic acids is 3. The van der Waals surface area contributed by atoms with Crippen molar-refractivity contribution in [2.24, 2.45) is 0 Å². The maximum atomic E-state index is 13.7. The van der Waals surface area contributed by atoms with Gasteiger partial charge in [-0.25, -0.2) is 4.39 Å². The van der Waals surface area contributed by atoms with Crippen LogP contribution in [0.1, 0.15) is 38.7 Å². The molecule has 1 aliphatic rings. The minimum Gasteiger partial charge on any atom is -0.481 e. The fraction of sp³-hybridized carbons (Fsp3) is 0.192. The molecule has 1 aliphatic heterocycles. The Bertz CT molecular complexity index is 1420. The second-order valence-electron chi connectivity index (χ2n) is 8.63. The normalized spacial score (nSPS) is 15.5. The number of carbonyl (C=O) groups is 4. The highest BCUT2D eigenvalue weighted by Gasteiger charge is 2.44. The van der Waals surface area contributed by atoms with E-state index in [1.807, 2.05) is 0 Å². The van der Waals surface area contributed by atoms with Gasteiger partial charge in [0.05, 0.1) is 22.9 Å². The lowest BCUT2D eigenvalue weighted by molar-refractivity contribution is -0.384. The highest BCUT2D eigenvalue weighted by Crippen LogP contribution is 2.25. The van der Waals surface area contributed by atoms with Crippen LogP contribution in [0.15, 0.2) is 73.1 Å². The molecule has 3 aromatic rings. The van der Waals surface area contributed by atoms with Crippen molar-refractivity contribution in [2.75, 3.05) is 13.1 Å². The Kier molecular flexibility index (Phi) is 7.89. The maximum absolute atomic E-state index is 13.7. The highest BCUT2D eigenvalue weighted by molar-refractivity contribution is 6.02. The molecule has 1 aromatic heterocycles. The van der Waals surface area contributed by atoms with Crippen LogP contribution in [-0.2, 0) is 9.59 Å². The summed E-state index contributed by atoms with van der Waals surface area (Å²) in [6, 6.07) is 11.6. The minimum atomic E-state index is -1.50. The van der Waals surface area contributed by atoms with Crippen molar-refractivity contribution in [1.29, 1.82) is 0 Å². The van der Waals surface area contributed by atoms with Gasteiger partial charge in [-0.1, -0.05) is 12.1 Å². The fourth-order valence-electron chi connectivity index (χ4n) is 4.28. The summed E-state index contributed by atoms with van der Waals surface area (Å²) in [5.41, 5.74) is 0.0804. The third-order valence-electron chi connectivity index (χ3n) is 6.11. The molecule has 12 nitrogen and oxygen atoms in total. The van der Waals surface area contributed by atoms with E-state index >= 15 is 0 Å². The number of hydrogen-bond acceptors (Lipinski definition) is 7. The molecule has 2 unspecified atom stereocenters. The summed E-state index contributed by atoms with van der Waals surface area (Å²) in [5.74, 6) is -3.98. The number of aromatic nitrogens is 1. The van der Waals surface area contributed by atoms with Crippen LogP contribution in [0.2, 0.25) is 0 Å². The lowest BCUT2D eigenvalue weighted by Gasteiger charge is -2.31. The van der Waals surface area contributed by atoms with E-state index in [0.717, 1.165) is 28.0 Å². The molecule has 2 heterocycles. The summed E-state index contributed by atoms with van der Waals surface area (Å²) < 4.78 is 13.4. The SMILES string of the molecule is O=C(O)CC(NC(=O)C1N(C(=O)c2ccc(F)cc2)CCN1C(=O)c1cccnc1)c1cccc([N+](=O)[O-])c1. The van der Waals surface area contributed by atoms with Crippen LogP contribution in [0.5, 0.6) is 0 Å². The monoisotopic (exact) mass is 535 g/mol. The Morgan fingerprint density at radius 1 is 1.03 bits per heavy atom. The zero-order chi connectivity index (χ0) is 28.1. The maximum Gasteiger partial charge on any atom is 0.305 e. The molecule has 4 rings (SSSR count). The summed E-state index contributed by atoms with van der Waals surface area (Å²) >= 11 is 0. The number of pyridine rings is 1. The van der Waals surface area contributed by atoms with Crippen molar-refractivity contribution in [3.63, 3.8) is 0 Å². The summed E-state index contributed by atoms with van der Waals surface area (Å²) in [6.45, 7) is -0.0696. The third kappa shape index (κ3) is 6.04. The Morgan fingerprint density at radius 3 is 2.28 bits per heavy atom. The number of carboxylic acid groups (broad SMARTS) is 1. The number of amides is 3. The van der Waals surface area contributed by atoms with Gasteiger partial charge in [-0.3, -0.25) is 34.3 Å². The van der Waals surface area contributed by atoms with Crippen molar-refractivity contribution in [2.45, 2.75) is 18.6 Å². The molecule has 0 radical (unpaired) electrons. The number of rotatable bonds is 8. The van der Waals surface area contributed by atoms with Gasteiger partial charge in [0, 0.05) is 43.2 Å². The fourth-order valence-corrected chi connectivity index (χ4v) is 4.28. The number of halogens is 1. The number of nitro groups is 1. The van der Waals surface area contributed by atoms with Gasteiger partial charge < -0.3 is 20.2 Å². The van der Waals surface area contributed by atoms with E-state index in [9.17, 15) is 38.8 Å². The highest BCUT2D eigenvalue weighted by atomic mass is 19.1. The first-order chi connectivity index (χ1) is 18.7. The van der Waals surface area contributed by atoms with Gasteiger partial charge in [-0.2, -0.15) is 0 Å². The average Bonchev–Trinajstić information content (AvgIpc) is 3.38. The summed E-state index contributed by atoms with van der Waals surface area (Å²) in [4.78, 5) is 68.7. The molecule has 0 aliphatic carbocycles. The van der Waals surface area contributed by atoms with Gasteiger partial charge in [0.1, 0.15) is 5.82 Å². The molecule has 0 bridgehead atoms. The number of non-ortho nitro benzene ring substituents is 1. The molecule has 0 saturated carbocycles. The number of nitrogens with zero attached hydrogens (tertiary/aromatic N) is 4. The van der Waals surface area contributed by atoms with E-state index in [1.54, 1.807) is 0 Å². The number of carboxylic acids is 1. The average molecular weight is 535 g/mol. The quantitative estimate of drug-likeness (QED) is 0.328. The lowest BCUT2D eigenvalue weighted by Crippen LogP contribution is -2.54. The number of benzene rings is 2. The Labute approximate surface area is 220 Å². The van der Waals surface area contributed by atoms with Gasteiger partial charge >= 0.3 is 5.97 Å². The summed E-state index contributed by atoms with van der Waals surface area (Å²) in [7, 11) is 0. The Balaban J connectivity index is 1.69. The molecule has 1 fully saturated rings. The topological polar surface area (TPSA) is 163 Å². The summed E-state index contributed by atoms with van der Waals surface area (Å²) in [6.07, 6.45) is 0.649. The first kappa shape index (κ1) is 26.9. The number of hydrogen-bond donors (Lipinski definition) is 2. The van der Waals surface area contributed by atoms with Crippen molar-refractivity contribution >= 4 is 29.4 Å². The van der Waals surface area contributed by atoms with Crippen LogP contribution in [0.25, 0.3) is 0 Å². The first-order valence-corrected chi connectivity index (χ1v) is 11.7. The van der Waals surface area contributed by atoms with Gasteiger partial charge in [-0.15, -0.1) is 0 Å². The van der Waals surface area contributed by atoms with E-state index in [4.69, 9.17) is 0 Å². The molecular formula is C26H22FN5O7. The van der Waals surface area contributed by atoms with Gasteiger partial charge in [0.15, 0.2) is 6.17 Å². The number of nitro benzene ring substituents is 1. The molecule has 1 saturated heterocycles. The van der Waals surface area contributed by atoms with E-state index in [0.29, 0.717) is 0 Å². The lowest BCUT2D eigenvalue weighted by atomic mass is 10.0. The summed E-state index contributed by atoms with van der Waals surface area (Å²) in [5, 5.41) is 23.2. The molecular weight excluding hydrogens is 513 g/mol. The number of aliphatic carboxylic acids is 1. The van der Waals surface area contributed by atoms with Crippen LogP contribution in [0, 0.1) is 15.9 Å². The van der Waals surface area contributed by atoms with Crippen LogP contribution < -0.4 is 5.32 Å². The van der Waals surface area contributed by atoms with Crippen molar-refractivity contribution in [3.05, 3.63) is 106 Å². The molecule has 2 aromatic carbocycles. The van der Waals surface area contributed by atoms with Crippen LogP contribution >= 0.6 is 0 Å². The van der Waals surface area contributed by atoms with Gasteiger partial charge in [0.25, 0.3) is 23.4 Å². The van der Waals surface area contributed by atoms with Crippen molar-refractivity contribution < 1.29 is 33.6 Å². The smallest absolute Gasteiger partial charge is 0.305 e. The van der Waals surface area contributed by atoms with Crippen LogP contribution in [0.3, 0.4) is 0 Å². The van der Waals surface area contributed by atoms with E-state index in [1.165, 1.54) is 54.9 Å². The molecule has 0 spiro atoms. The Morgan fingerprint density at radius 2 is 1.69 bits per heavy atom. The number of nitrogens with one attached hydrogen (secondary N) is 1. The van der Waals surface area contributed by atoms with E-state index < -0.39 is 53.1 Å². The molecule has 3 amide bonds. The molecule has 13 heteroatoms. The minimum absolute atomic E-state index is 0.0286.